The van der Waals surface area contributed by atoms with Crippen molar-refractivity contribution in [3.8, 4) is 0 Å². The lowest BCUT2D eigenvalue weighted by Crippen LogP contribution is -2.54. The van der Waals surface area contributed by atoms with E-state index in [-0.39, 0.29) is 36.9 Å². The number of unbranched alkanes of at least 4 members (excludes halogenated alkanes) is 2. The van der Waals surface area contributed by atoms with Gasteiger partial charge in [-0.05, 0) is 81.9 Å². The Kier molecular flexibility index (Phi) is 13.7. The number of fused-ring (bicyclic) bond motifs is 1. The van der Waals surface area contributed by atoms with Crippen LogP contribution in [-0.2, 0) is 32.1 Å². The summed E-state index contributed by atoms with van der Waals surface area (Å²) < 4.78 is 10.7. The minimum absolute atomic E-state index is 0.104. The predicted molar refractivity (Wildman–Crippen MR) is 173 cm³/mol. The highest BCUT2D eigenvalue weighted by atomic mass is 16.6. The molecule has 3 N–H and O–H groups in total. The fraction of sp³-hybridized carbons (Fsp3) is 0.543. The molecular formula is C35H50N4O6. The Hall–Kier alpha value is -4.08. The molecule has 2 aromatic carbocycles. The molecule has 45 heavy (non-hydrogen) atoms. The van der Waals surface area contributed by atoms with E-state index in [0.717, 1.165) is 30.4 Å². The van der Waals surface area contributed by atoms with Crippen LogP contribution in [0.5, 0.6) is 0 Å². The Morgan fingerprint density at radius 3 is 2.36 bits per heavy atom. The van der Waals surface area contributed by atoms with Crippen LogP contribution in [-0.4, -0.2) is 60.2 Å². The van der Waals surface area contributed by atoms with E-state index in [9.17, 15) is 19.2 Å². The van der Waals surface area contributed by atoms with Gasteiger partial charge in [-0.25, -0.2) is 9.59 Å². The maximum atomic E-state index is 13.8. The fourth-order valence-electron chi connectivity index (χ4n) is 5.30. The Labute approximate surface area is 267 Å². The van der Waals surface area contributed by atoms with Crippen molar-refractivity contribution in [2.75, 3.05) is 19.6 Å². The minimum Gasteiger partial charge on any atom is -0.445 e. The lowest BCUT2D eigenvalue weighted by molar-refractivity contribution is -0.139. The van der Waals surface area contributed by atoms with Crippen LogP contribution in [0.15, 0.2) is 54.6 Å². The minimum atomic E-state index is -0.857. The lowest BCUT2D eigenvalue weighted by atomic mass is 9.88. The summed E-state index contributed by atoms with van der Waals surface area (Å²) in [5.41, 5.74) is 2.55. The van der Waals surface area contributed by atoms with E-state index < -0.39 is 23.8 Å². The van der Waals surface area contributed by atoms with Crippen LogP contribution in [0.2, 0.25) is 0 Å². The maximum Gasteiger partial charge on any atom is 0.408 e. The van der Waals surface area contributed by atoms with E-state index in [1.165, 1.54) is 10.5 Å². The number of carbonyl (C=O) groups excluding carboxylic acids is 4. The number of alkyl carbamates (subject to hydrolysis) is 2. The monoisotopic (exact) mass is 622 g/mol. The zero-order chi connectivity index (χ0) is 32.8. The number of amides is 4. The lowest BCUT2D eigenvalue weighted by Gasteiger charge is -2.31. The molecule has 0 aromatic heterocycles. The molecule has 0 heterocycles. The molecule has 0 spiro atoms. The highest BCUT2D eigenvalue weighted by Gasteiger charge is 2.32. The molecule has 0 fully saturated rings. The number of ether oxygens (including phenoxy) is 2. The van der Waals surface area contributed by atoms with Crippen molar-refractivity contribution >= 4 is 24.0 Å². The second kappa shape index (κ2) is 17.4. The van der Waals surface area contributed by atoms with E-state index in [1.54, 1.807) is 20.8 Å². The number of rotatable bonds is 14. The first kappa shape index (κ1) is 35.4. The molecule has 1 aliphatic carbocycles. The Balaban J connectivity index is 1.57. The molecule has 1 aliphatic rings. The molecule has 2 atom stereocenters. The largest absolute Gasteiger partial charge is 0.445 e. The molecule has 2 aromatic rings. The highest BCUT2D eigenvalue weighted by Crippen LogP contribution is 2.29. The van der Waals surface area contributed by atoms with Crippen LogP contribution in [0.4, 0.5) is 9.59 Å². The number of nitrogens with one attached hydrogen (secondary N) is 3. The average molecular weight is 623 g/mol. The van der Waals surface area contributed by atoms with E-state index in [1.807, 2.05) is 62.4 Å². The number of nitrogens with zero attached hydrogens (tertiary/aromatic N) is 1. The molecule has 0 saturated carbocycles. The number of carbonyl (C=O) groups is 4. The Morgan fingerprint density at radius 1 is 0.933 bits per heavy atom. The van der Waals surface area contributed by atoms with Crippen molar-refractivity contribution in [3.63, 3.8) is 0 Å². The standard InChI is InChI=1S/C35H50N4O6/c1-25(2)31(38-34(43)45-35(3,4)5)32(41)39(23-30(40)37-29-20-14-18-27-17-10-11-19-28(27)29)22-13-7-12-21-36-33(42)44-24-26-15-8-6-9-16-26/h6,8-11,15-17,19,25,29,31H,7,12-14,18,20-24H2,1-5H3,(H,36,42)(H,37,40)(H,38,43). The zero-order valence-corrected chi connectivity index (χ0v) is 27.4. The number of aryl methyl sites for hydroxylation is 1. The molecule has 10 nitrogen and oxygen atoms in total. The first-order valence-electron chi connectivity index (χ1n) is 16.0. The predicted octanol–water partition coefficient (Wildman–Crippen LogP) is 5.65. The summed E-state index contributed by atoms with van der Waals surface area (Å²) in [6.07, 6.45) is 3.65. The third-order valence-electron chi connectivity index (χ3n) is 7.54. The van der Waals surface area contributed by atoms with Gasteiger partial charge in [0.2, 0.25) is 11.8 Å². The summed E-state index contributed by atoms with van der Waals surface area (Å²) in [5.74, 6) is -0.808. The van der Waals surface area contributed by atoms with Gasteiger partial charge in [0.1, 0.15) is 18.2 Å². The van der Waals surface area contributed by atoms with Crippen LogP contribution >= 0.6 is 0 Å². The average Bonchev–Trinajstić information content (AvgIpc) is 2.99. The Morgan fingerprint density at radius 2 is 1.64 bits per heavy atom. The third-order valence-corrected chi connectivity index (χ3v) is 7.54. The van der Waals surface area contributed by atoms with Gasteiger partial charge < -0.3 is 30.3 Å². The summed E-state index contributed by atoms with van der Waals surface area (Å²) in [4.78, 5) is 53.3. The summed E-state index contributed by atoms with van der Waals surface area (Å²) in [5, 5.41) is 8.62. The van der Waals surface area contributed by atoms with Crippen LogP contribution in [0, 0.1) is 5.92 Å². The number of hydrogen-bond donors (Lipinski definition) is 3. The van der Waals surface area contributed by atoms with Crippen LogP contribution in [0.25, 0.3) is 0 Å². The van der Waals surface area contributed by atoms with Crippen LogP contribution < -0.4 is 16.0 Å². The molecule has 0 aliphatic heterocycles. The molecule has 0 saturated heterocycles. The molecular weight excluding hydrogens is 572 g/mol. The van der Waals surface area contributed by atoms with Gasteiger partial charge in [-0.1, -0.05) is 68.4 Å². The molecule has 246 valence electrons. The normalized spacial score (nSPS) is 14.9. The van der Waals surface area contributed by atoms with E-state index in [4.69, 9.17) is 9.47 Å². The van der Waals surface area contributed by atoms with Crippen molar-refractivity contribution in [3.05, 3.63) is 71.3 Å². The van der Waals surface area contributed by atoms with Gasteiger partial charge in [0.05, 0.1) is 12.6 Å². The number of benzene rings is 2. The molecule has 2 unspecified atom stereocenters. The van der Waals surface area contributed by atoms with Crippen molar-refractivity contribution in [2.45, 2.75) is 97.4 Å². The summed E-state index contributed by atoms with van der Waals surface area (Å²) in [7, 11) is 0. The quantitative estimate of drug-likeness (QED) is 0.234. The third kappa shape index (κ3) is 12.4. The van der Waals surface area contributed by atoms with E-state index in [0.29, 0.717) is 32.4 Å². The van der Waals surface area contributed by atoms with Gasteiger partial charge in [0.15, 0.2) is 0 Å². The zero-order valence-electron chi connectivity index (χ0n) is 27.4. The maximum absolute atomic E-state index is 13.8. The van der Waals surface area contributed by atoms with Crippen LogP contribution in [0.1, 0.15) is 89.5 Å². The SMILES string of the molecule is CC(C)C(NC(=O)OC(C)(C)C)C(=O)N(CCCCCNC(=O)OCc1ccccc1)CC(=O)NC1CCCc2ccccc21. The molecule has 0 bridgehead atoms. The topological polar surface area (TPSA) is 126 Å². The second-order valence-corrected chi connectivity index (χ2v) is 12.9. The van der Waals surface area contributed by atoms with E-state index >= 15 is 0 Å². The second-order valence-electron chi connectivity index (χ2n) is 12.9. The van der Waals surface area contributed by atoms with Gasteiger partial charge in [-0.2, -0.15) is 0 Å². The molecule has 10 heteroatoms. The summed E-state index contributed by atoms with van der Waals surface area (Å²) in [6.45, 7) is 9.81. The van der Waals surface area contributed by atoms with Crippen molar-refractivity contribution in [2.24, 2.45) is 5.92 Å². The Bertz CT molecular complexity index is 1260. The van der Waals surface area contributed by atoms with Crippen molar-refractivity contribution in [1.82, 2.24) is 20.9 Å². The summed E-state index contributed by atoms with van der Waals surface area (Å²) >= 11 is 0. The molecule has 0 radical (unpaired) electrons. The highest BCUT2D eigenvalue weighted by molar-refractivity contribution is 5.90. The fourth-order valence-corrected chi connectivity index (χ4v) is 5.30. The smallest absolute Gasteiger partial charge is 0.408 e. The van der Waals surface area contributed by atoms with Gasteiger partial charge in [-0.15, -0.1) is 0 Å². The number of hydrogen-bond acceptors (Lipinski definition) is 6. The van der Waals surface area contributed by atoms with Gasteiger partial charge in [-0.3, -0.25) is 9.59 Å². The molecule has 4 amide bonds. The van der Waals surface area contributed by atoms with Gasteiger partial charge in [0, 0.05) is 13.1 Å². The molecule has 3 rings (SSSR count). The first-order valence-corrected chi connectivity index (χ1v) is 16.0. The van der Waals surface area contributed by atoms with Crippen molar-refractivity contribution < 1.29 is 28.7 Å². The van der Waals surface area contributed by atoms with Gasteiger partial charge in [0.25, 0.3) is 0 Å². The van der Waals surface area contributed by atoms with Crippen LogP contribution in [0.3, 0.4) is 0 Å². The summed E-state index contributed by atoms with van der Waals surface area (Å²) in [6, 6.07) is 16.6. The van der Waals surface area contributed by atoms with E-state index in [2.05, 4.69) is 22.0 Å². The van der Waals surface area contributed by atoms with Gasteiger partial charge >= 0.3 is 12.2 Å². The van der Waals surface area contributed by atoms with Crippen molar-refractivity contribution in [1.29, 1.82) is 0 Å². The first-order chi connectivity index (χ1) is 21.4.